The maximum atomic E-state index is 12.1. The van der Waals surface area contributed by atoms with Crippen molar-refractivity contribution in [3.05, 3.63) is 64.2 Å². The Bertz CT molecular complexity index is 635. The first-order valence-electron chi connectivity index (χ1n) is 7.39. The van der Waals surface area contributed by atoms with Crippen LogP contribution in [-0.2, 0) is 11.2 Å². The van der Waals surface area contributed by atoms with Crippen LogP contribution in [0.15, 0.2) is 36.4 Å². The highest BCUT2D eigenvalue weighted by Gasteiger charge is 2.08. The molecule has 1 amide bonds. The van der Waals surface area contributed by atoms with Gasteiger partial charge in [-0.1, -0.05) is 47.5 Å². The van der Waals surface area contributed by atoms with E-state index in [2.05, 4.69) is 49.5 Å². The van der Waals surface area contributed by atoms with Crippen molar-refractivity contribution in [2.75, 3.05) is 5.32 Å². The van der Waals surface area contributed by atoms with Gasteiger partial charge in [-0.25, -0.2) is 0 Å². The molecule has 0 aromatic heterocycles. The zero-order valence-corrected chi connectivity index (χ0v) is 13.3. The van der Waals surface area contributed by atoms with Gasteiger partial charge in [0.2, 0.25) is 5.91 Å². The molecule has 0 atom stereocenters. The van der Waals surface area contributed by atoms with Crippen LogP contribution in [0.1, 0.15) is 34.2 Å². The van der Waals surface area contributed by atoms with Crippen molar-refractivity contribution in [3.8, 4) is 0 Å². The average molecular weight is 281 g/mol. The van der Waals surface area contributed by atoms with Gasteiger partial charge in [0.05, 0.1) is 0 Å². The van der Waals surface area contributed by atoms with Crippen LogP contribution in [0.25, 0.3) is 0 Å². The van der Waals surface area contributed by atoms with Crippen LogP contribution in [0.2, 0.25) is 0 Å². The standard InChI is InChI=1S/C19H23NO/c1-13-6-5-7-17(12-13)8-9-18(21)20-19-15(3)10-14(2)11-16(19)4/h5-7,10-12H,8-9H2,1-4H3,(H,20,21). The quantitative estimate of drug-likeness (QED) is 0.879. The molecule has 0 fully saturated rings. The van der Waals surface area contributed by atoms with Gasteiger partial charge in [-0.15, -0.1) is 0 Å². The molecule has 0 aliphatic carbocycles. The number of anilines is 1. The molecular weight excluding hydrogens is 258 g/mol. The van der Waals surface area contributed by atoms with Gasteiger partial charge in [-0.2, -0.15) is 0 Å². The summed E-state index contributed by atoms with van der Waals surface area (Å²) < 4.78 is 0. The van der Waals surface area contributed by atoms with E-state index in [0.717, 1.165) is 23.2 Å². The van der Waals surface area contributed by atoms with Gasteiger partial charge in [0, 0.05) is 12.1 Å². The molecule has 21 heavy (non-hydrogen) atoms. The van der Waals surface area contributed by atoms with Gasteiger partial charge in [-0.05, 0) is 50.8 Å². The molecule has 110 valence electrons. The maximum Gasteiger partial charge on any atom is 0.224 e. The summed E-state index contributed by atoms with van der Waals surface area (Å²) in [5.41, 5.74) is 6.87. The molecule has 0 unspecified atom stereocenters. The molecule has 2 rings (SSSR count). The highest BCUT2D eigenvalue weighted by Crippen LogP contribution is 2.22. The van der Waals surface area contributed by atoms with Crippen molar-refractivity contribution in [1.82, 2.24) is 0 Å². The van der Waals surface area contributed by atoms with E-state index in [9.17, 15) is 4.79 Å². The lowest BCUT2D eigenvalue weighted by Gasteiger charge is -2.13. The van der Waals surface area contributed by atoms with E-state index in [-0.39, 0.29) is 5.91 Å². The SMILES string of the molecule is Cc1cccc(CCC(=O)Nc2c(C)cc(C)cc2C)c1. The van der Waals surface area contributed by atoms with Crippen LogP contribution in [0.5, 0.6) is 0 Å². The summed E-state index contributed by atoms with van der Waals surface area (Å²) in [6.07, 6.45) is 1.29. The summed E-state index contributed by atoms with van der Waals surface area (Å²) in [6.45, 7) is 8.22. The summed E-state index contributed by atoms with van der Waals surface area (Å²) in [7, 11) is 0. The van der Waals surface area contributed by atoms with Gasteiger partial charge >= 0.3 is 0 Å². The second-order valence-electron chi connectivity index (χ2n) is 5.81. The molecule has 0 aliphatic heterocycles. The summed E-state index contributed by atoms with van der Waals surface area (Å²) in [5, 5.41) is 3.05. The molecule has 0 radical (unpaired) electrons. The first-order chi connectivity index (χ1) is 9.95. The first-order valence-corrected chi connectivity index (χ1v) is 7.39. The van der Waals surface area contributed by atoms with Gasteiger partial charge in [0.1, 0.15) is 0 Å². The number of hydrogen-bond acceptors (Lipinski definition) is 1. The molecule has 2 nitrogen and oxygen atoms in total. The van der Waals surface area contributed by atoms with Gasteiger partial charge < -0.3 is 5.32 Å². The van der Waals surface area contributed by atoms with E-state index >= 15 is 0 Å². The lowest BCUT2D eigenvalue weighted by atomic mass is 10.0. The molecule has 0 saturated heterocycles. The fraction of sp³-hybridized carbons (Fsp3) is 0.316. The summed E-state index contributed by atoms with van der Waals surface area (Å²) >= 11 is 0. The zero-order chi connectivity index (χ0) is 15.4. The summed E-state index contributed by atoms with van der Waals surface area (Å²) in [6, 6.07) is 12.5. The molecule has 0 heterocycles. The maximum absolute atomic E-state index is 12.1. The predicted octanol–water partition coefficient (Wildman–Crippen LogP) is 4.49. The van der Waals surface area contributed by atoms with Gasteiger partial charge in [0.15, 0.2) is 0 Å². The summed E-state index contributed by atoms with van der Waals surface area (Å²) in [4.78, 5) is 12.1. The number of amides is 1. The van der Waals surface area contributed by atoms with Crippen LogP contribution < -0.4 is 5.32 Å². The number of hydrogen-bond donors (Lipinski definition) is 1. The lowest BCUT2D eigenvalue weighted by Crippen LogP contribution is -2.14. The van der Waals surface area contributed by atoms with Crippen LogP contribution in [0.3, 0.4) is 0 Å². The van der Waals surface area contributed by atoms with Crippen molar-refractivity contribution in [2.45, 2.75) is 40.5 Å². The average Bonchev–Trinajstić information content (AvgIpc) is 2.40. The Kier molecular flexibility index (Phi) is 4.79. The van der Waals surface area contributed by atoms with Crippen molar-refractivity contribution in [3.63, 3.8) is 0 Å². The molecule has 2 aromatic rings. The minimum absolute atomic E-state index is 0.0755. The van der Waals surface area contributed by atoms with Crippen LogP contribution in [-0.4, -0.2) is 5.91 Å². The minimum Gasteiger partial charge on any atom is -0.326 e. The smallest absolute Gasteiger partial charge is 0.224 e. The van der Waals surface area contributed by atoms with Crippen LogP contribution >= 0.6 is 0 Å². The van der Waals surface area contributed by atoms with E-state index in [4.69, 9.17) is 0 Å². The molecule has 0 aliphatic rings. The van der Waals surface area contributed by atoms with Crippen molar-refractivity contribution < 1.29 is 4.79 Å². The fourth-order valence-electron chi connectivity index (χ4n) is 2.70. The third kappa shape index (κ3) is 4.19. The Morgan fingerprint density at radius 3 is 2.24 bits per heavy atom. The highest BCUT2D eigenvalue weighted by molar-refractivity contribution is 5.92. The first kappa shape index (κ1) is 15.3. The van der Waals surface area contributed by atoms with E-state index < -0.39 is 0 Å². The van der Waals surface area contributed by atoms with E-state index in [0.29, 0.717) is 6.42 Å². The third-order valence-corrected chi connectivity index (χ3v) is 3.66. The number of aryl methyl sites for hydroxylation is 5. The highest BCUT2D eigenvalue weighted by atomic mass is 16.1. The van der Waals surface area contributed by atoms with Crippen molar-refractivity contribution >= 4 is 11.6 Å². The predicted molar refractivity (Wildman–Crippen MR) is 88.8 cm³/mol. The Morgan fingerprint density at radius 1 is 0.952 bits per heavy atom. The largest absolute Gasteiger partial charge is 0.326 e. The third-order valence-electron chi connectivity index (χ3n) is 3.66. The second kappa shape index (κ2) is 6.57. The van der Waals surface area contributed by atoms with Crippen LogP contribution in [0.4, 0.5) is 5.69 Å². The van der Waals surface area contributed by atoms with Crippen molar-refractivity contribution in [2.24, 2.45) is 0 Å². The molecule has 1 N–H and O–H groups in total. The Morgan fingerprint density at radius 2 is 1.62 bits per heavy atom. The number of carbonyl (C=O) groups is 1. The Balaban J connectivity index is 1.99. The van der Waals surface area contributed by atoms with E-state index in [1.165, 1.54) is 16.7 Å². The number of carbonyl (C=O) groups excluding carboxylic acids is 1. The summed E-state index contributed by atoms with van der Waals surface area (Å²) in [5.74, 6) is 0.0755. The number of benzene rings is 2. The van der Waals surface area contributed by atoms with Gasteiger partial charge in [0.25, 0.3) is 0 Å². The molecule has 0 saturated carbocycles. The lowest BCUT2D eigenvalue weighted by molar-refractivity contribution is -0.116. The Labute approximate surface area is 127 Å². The number of nitrogens with one attached hydrogen (secondary N) is 1. The normalized spacial score (nSPS) is 10.5. The van der Waals surface area contributed by atoms with E-state index in [1.807, 2.05) is 19.9 Å². The molecule has 2 heteroatoms. The van der Waals surface area contributed by atoms with Crippen LogP contribution in [0, 0.1) is 27.7 Å². The molecule has 2 aromatic carbocycles. The second-order valence-corrected chi connectivity index (χ2v) is 5.81. The molecule has 0 spiro atoms. The van der Waals surface area contributed by atoms with Crippen molar-refractivity contribution in [1.29, 1.82) is 0 Å². The molecular formula is C19H23NO. The number of rotatable bonds is 4. The zero-order valence-electron chi connectivity index (χ0n) is 13.3. The van der Waals surface area contributed by atoms with E-state index in [1.54, 1.807) is 0 Å². The van der Waals surface area contributed by atoms with Gasteiger partial charge in [-0.3, -0.25) is 4.79 Å². The molecule has 0 bridgehead atoms. The monoisotopic (exact) mass is 281 g/mol. The minimum atomic E-state index is 0.0755. The fourth-order valence-corrected chi connectivity index (χ4v) is 2.70. The topological polar surface area (TPSA) is 29.1 Å². The Hall–Kier alpha value is -2.09.